The summed E-state index contributed by atoms with van der Waals surface area (Å²) in [6, 6.07) is 12.9. The van der Waals surface area contributed by atoms with Crippen LogP contribution in [0.4, 0.5) is 0 Å². The van der Waals surface area contributed by atoms with E-state index in [-0.39, 0.29) is 11.7 Å². The van der Waals surface area contributed by atoms with Crippen molar-refractivity contribution in [2.75, 3.05) is 13.2 Å². The highest BCUT2D eigenvalue weighted by Gasteiger charge is 2.57. The second-order valence-electron chi connectivity index (χ2n) is 8.22. The molecule has 2 saturated heterocycles. The van der Waals surface area contributed by atoms with E-state index < -0.39 is 17.2 Å². The molecule has 2 aromatic rings. The van der Waals surface area contributed by atoms with Crippen molar-refractivity contribution < 1.29 is 19.1 Å². The van der Waals surface area contributed by atoms with Gasteiger partial charge < -0.3 is 14.8 Å². The fourth-order valence-corrected chi connectivity index (χ4v) is 5.20. The van der Waals surface area contributed by atoms with Crippen molar-refractivity contribution in [2.24, 2.45) is 0 Å². The summed E-state index contributed by atoms with van der Waals surface area (Å²) in [5.74, 6) is -1.92. The Labute approximate surface area is 184 Å². The van der Waals surface area contributed by atoms with Crippen LogP contribution in [0.3, 0.4) is 0 Å². The molecule has 1 atom stereocenters. The number of amides is 1. The van der Waals surface area contributed by atoms with Crippen LogP contribution in [0.25, 0.3) is 11.1 Å². The summed E-state index contributed by atoms with van der Waals surface area (Å²) < 4.78 is 11.5. The van der Waals surface area contributed by atoms with E-state index in [4.69, 9.17) is 32.7 Å². The normalized spacial score (nSPS) is 24.5. The van der Waals surface area contributed by atoms with Crippen molar-refractivity contribution in [1.82, 2.24) is 5.32 Å². The fraction of sp³-hybridized carbons (Fsp3) is 0.391. The third kappa shape index (κ3) is 3.25. The highest BCUT2D eigenvalue weighted by molar-refractivity contribution is 6.33. The maximum absolute atomic E-state index is 13.5. The van der Waals surface area contributed by atoms with Crippen molar-refractivity contribution in [1.29, 1.82) is 0 Å². The van der Waals surface area contributed by atoms with Crippen molar-refractivity contribution >= 4 is 34.9 Å². The second kappa shape index (κ2) is 7.34. The summed E-state index contributed by atoms with van der Waals surface area (Å²) in [5.41, 5.74) is 1.48. The lowest BCUT2D eigenvalue weighted by molar-refractivity contribution is -0.186. The van der Waals surface area contributed by atoms with Gasteiger partial charge in [0.15, 0.2) is 11.6 Å². The number of halogens is 2. The van der Waals surface area contributed by atoms with Crippen LogP contribution in [0, 0.1) is 0 Å². The summed E-state index contributed by atoms with van der Waals surface area (Å²) in [5, 5.41) is 4.05. The molecule has 3 aliphatic rings. The monoisotopic (exact) mass is 445 g/mol. The first-order valence-electron chi connectivity index (χ1n) is 10.1. The first-order valence-corrected chi connectivity index (χ1v) is 10.9. The minimum absolute atomic E-state index is 0.115. The standard InChI is InChI=1S/C23H21Cl2NO4/c24-16-4-1-14(2-5-16)15-3-6-18(25)17(13-15)19-20(27)22(26-21(19)28)7-9-23(10-8-22)29-11-12-30-23/h1-6,13,19H,7-12H2,(H,26,28). The van der Waals surface area contributed by atoms with Crippen molar-refractivity contribution in [3.8, 4) is 11.1 Å². The molecule has 1 amide bonds. The van der Waals surface area contributed by atoms with Crippen molar-refractivity contribution in [3.05, 3.63) is 58.1 Å². The molecule has 5 nitrogen and oxygen atoms in total. The van der Waals surface area contributed by atoms with E-state index in [0.717, 1.165) is 11.1 Å². The van der Waals surface area contributed by atoms with Gasteiger partial charge in [-0.05, 0) is 53.8 Å². The molecule has 2 heterocycles. The van der Waals surface area contributed by atoms with Crippen LogP contribution in [-0.4, -0.2) is 36.2 Å². The zero-order valence-corrected chi connectivity index (χ0v) is 17.8. The molecule has 3 fully saturated rings. The van der Waals surface area contributed by atoms with E-state index in [1.807, 2.05) is 24.3 Å². The second-order valence-corrected chi connectivity index (χ2v) is 9.06. The third-order valence-electron chi connectivity index (χ3n) is 6.52. The first-order chi connectivity index (χ1) is 14.4. The van der Waals surface area contributed by atoms with Crippen LogP contribution >= 0.6 is 23.2 Å². The number of hydrogen-bond donors (Lipinski definition) is 1. The molecule has 0 bridgehead atoms. The van der Waals surface area contributed by atoms with Crippen molar-refractivity contribution in [3.63, 3.8) is 0 Å². The maximum atomic E-state index is 13.5. The Bertz CT molecular complexity index is 1000. The van der Waals surface area contributed by atoms with Gasteiger partial charge in [-0.1, -0.05) is 41.4 Å². The van der Waals surface area contributed by atoms with Crippen LogP contribution in [-0.2, 0) is 19.1 Å². The molecular formula is C23H21Cl2NO4. The molecular weight excluding hydrogens is 425 g/mol. The average Bonchev–Trinajstić information content (AvgIpc) is 3.29. The molecule has 156 valence electrons. The number of carbonyl (C=O) groups excluding carboxylic acids is 2. The Balaban J connectivity index is 1.44. The summed E-state index contributed by atoms with van der Waals surface area (Å²) in [6.45, 7) is 1.14. The van der Waals surface area contributed by atoms with Gasteiger partial charge in [0.05, 0.1) is 13.2 Å². The Morgan fingerprint density at radius 1 is 0.867 bits per heavy atom. The van der Waals surface area contributed by atoms with Gasteiger partial charge in [0.1, 0.15) is 11.5 Å². The predicted molar refractivity (Wildman–Crippen MR) is 114 cm³/mol. The smallest absolute Gasteiger partial charge is 0.236 e. The number of benzene rings is 2. The van der Waals surface area contributed by atoms with Crippen LogP contribution in [0.1, 0.15) is 37.2 Å². The highest BCUT2D eigenvalue weighted by Crippen LogP contribution is 2.46. The number of ketones is 1. The Morgan fingerprint density at radius 3 is 2.17 bits per heavy atom. The molecule has 2 aliphatic heterocycles. The third-order valence-corrected chi connectivity index (χ3v) is 7.12. The van der Waals surface area contributed by atoms with E-state index in [1.54, 1.807) is 18.2 Å². The van der Waals surface area contributed by atoms with Gasteiger partial charge in [-0.2, -0.15) is 0 Å². The SMILES string of the molecule is O=C1NC2(CCC3(CC2)OCCO3)C(=O)C1c1cc(-c2ccc(Cl)cc2)ccc1Cl. The van der Waals surface area contributed by atoms with Crippen LogP contribution < -0.4 is 5.32 Å². The van der Waals surface area contributed by atoms with Gasteiger partial charge >= 0.3 is 0 Å². The maximum Gasteiger partial charge on any atom is 0.236 e. The number of hydrogen-bond acceptors (Lipinski definition) is 4. The van der Waals surface area contributed by atoms with Crippen molar-refractivity contribution in [2.45, 2.75) is 42.9 Å². The number of rotatable bonds is 2. The fourth-order valence-electron chi connectivity index (χ4n) is 4.85. The van der Waals surface area contributed by atoms with E-state index in [9.17, 15) is 9.59 Å². The van der Waals surface area contributed by atoms with Crippen LogP contribution in [0.5, 0.6) is 0 Å². The van der Waals surface area contributed by atoms with Gasteiger partial charge in [0.25, 0.3) is 0 Å². The molecule has 1 unspecified atom stereocenters. The lowest BCUT2D eigenvalue weighted by Crippen LogP contribution is -2.53. The summed E-state index contributed by atoms with van der Waals surface area (Å²) >= 11 is 12.4. The largest absolute Gasteiger partial charge is 0.348 e. The molecule has 7 heteroatoms. The van der Waals surface area contributed by atoms with E-state index in [1.165, 1.54) is 0 Å². The molecule has 1 aliphatic carbocycles. The van der Waals surface area contributed by atoms with E-state index >= 15 is 0 Å². The van der Waals surface area contributed by atoms with Gasteiger partial charge in [-0.3, -0.25) is 9.59 Å². The summed E-state index contributed by atoms with van der Waals surface area (Å²) in [6.07, 6.45) is 2.18. The molecule has 2 spiro atoms. The Morgan fingerprint density at radius 2 is 1.50 bits per heavy atom. The van der Waals surface area contributed by atoms with Gasteiger partial charge in [0, 0.05) is 22.9 Å². The molecule has 1 saturated carbocycles. The van der Waals surface area contributed by atoms with Gasteiger partial charge in [0.2, 0.25) is 5.91 Å². The molecule has 2 aromatic carbocycles. The average molecular weight is 446 g/mol. The highest BCUT2D eigenvalue weighted by atomic mass is 35.5. The number of Topliss-reactive ketones (excluding diaryl/α,β-unsaturated/α-hetero) is 1. The van der Waals surface area contributed by atoms with Gasteiger partial charge in [-0.25, -0.2) is 0 Å². The predicted octanol–water partition coefficient (Wildman–Crippen LogP) is 4.50. The minimum atomic E-state index is -0.913. The summed E-state index contributed by atoms with van der Waals surface area (Å²) in [7, 11) is 0. The number of carbonyl (C=O) groups is 2. The molecule has 0 radical (unpaired) electrons. The van der Waals surface area contributed by atoms with E-state index in [2.05, 4.69) is 5.32 Å². The van der Waals surface area contributed by atoms with Gasteiger partial charge in [-0.15, -0.1) is 0 Å². The topological polar surface area (TPSA) is 64.6 Å². The Hall–Kier alpha value is -1.92. The number of ether oxygens (including phenoxy) is 2. The number of nitrogens with one attached hydrogen (secondary N) is 1. The first kappa shape index (κ1) is 20.0. The zero-order valence-electron chi connectivity index (χ0n) is 16.3. The molecule has 5 rings (SSSR count). The minimum Gasteiger partial charge on any atom is -0.348 e. The van der Waals surface area contributed by atoms with Crippen LogP contribution in [0.15, 0.2) is 42.5 Å². The molecule has 1 N–H and O–H groups in total. The Kier molecular flexibility index (Phi) is 4.90. The zero-order chi connectivity index (χ0) is 20.9. The molecule has 30 heavy (non-hydrogen) atoms. The quantitative estimate of drug-likeness (QED) is 0.691. The van der Waals surface area contributed by atoms with Crippen LogP contribution in [0.2, 0.25) is 10.0 Å². The van der Waals surface area contributed by atoms with E-state index in [0.29, 0.717) is 54.5 Å². The molecule has 0 aromatic heterocycles. The summed E-state index contributed by atoms with van der Waals surface area (Å²) in [4.78, 5) is 26.4. The lowest BCUT2D eigenvalue weighted by Gasteiger charge is -2.40. The lowest BCUT2D eigenvalue weighted by atomic mass is 9.74.